The maximum atomic E-state index is 12.2. The lowest BCUT2D eigenvalue weighted by atomic mass is 10.1. The number of nitrogens with two attached hydrogens (primary N) is 1. The van der Waals surface area contributed by atoms with Crippen molar-refractivity contribution >= 4 is 5.91 Å². The fourth-order valence-electron chi connectivity index (χ4n) is 2.14. The molecule has 1 aliphatic rings. The van der Waals surface area contributed by atoms with Gasteiger partial charge in [0.25, 0.3) is 5.91 Å². The first kappa shape index (κ1) is 14.5. The molecule has 4 heteroatoms. The van der Waals surface area contributed by atoms with Gasteiger partial charge < -0.3 is 11.1 Å². The lowest BCUT2D eigenvalue weighted by Gasteiger charge is -2.16. The van der Waals surface area contributed by atoms with Crippen molar-refractivity contribution in [2.75, 3.05) is 6.54 Å². The van der Waals surface area contributed by atoms with Gasteiger partial charge in [-0.2, -0.15) is 0 Å². The first-order valence-corrected chi connectivity index (χ1v) is 7.17. The summed E-state index contributed by atoms with van der Waals surface area (Å²) in [5, 5.41) is 3.09. The van der Waals surface area contributed by atoms with Gasteiger partial charge in [0.05, 0.1) is 12.1 Å². The average molecular weight is 271 g/mol. The molecule has 1 amide bonds. The Morgan fingerprint density at radius 2 is 2.35 bits per heavy atom. The molecule has 1 heterocycles. The predicted molar refractivity (Wildman–Crippen MR) is 79.1 cm³/mol. The molecule has 1 unspecified atom stereocenters. The van der Waals surface area contributed by atoms with Crippen LogP contribution < -0.4 is 11.1 Å². The van der Waals surface area contributed by atoms with E-state index in [2.05, 4.69) is 29.1 Å². The van der Waals surface area contributed by atoms with Crippen molar-refractivity contribution in [1.29, 1.82) is 0 Å². The molecule has 1 aromatic heterocycles. The summed E-state index contributed by atoms with van der Waals surface area (Å²) in [6.07, 6.45) is 7.87. The van der Waals surface area contributed by atoms with Crippen molar-refractivity contribution in [3.8, 4) is 11.8 Å². The van der Waals surface area contributed by atoms with Crippen LogP contribution in [0.15, 0.2) is 18.5 Å². The Balaban J connectivity index is 2.00. The van der Waals surface area contributed by atoms with E-state index < -0.39 is 0 Å². The molecular weight excluding hydrogens is 250 g/mol. The Labute approximate surface area is 120 Å². The van der Waals surface area contributed by atoms with E-state index in [-0.39, 0.29) is 11.9 Å². The molecule has 0 aliphatic heterocycles. The molecule has 0 spiro atoms. The first-order valence-electron chi connectivity index (χ1n) is 7.17. The van der Waals surface area contributed by atoms with Gasteiger partial charge in [0, 0.05) is 24.0 Å². The third kappa shape index (κ3) is 4.36. The number of pyridine rings is 1. The molecule has 1 aliphatic carbocycles. The number of amides is 1. The second-order valence-electron chi connectivity index (χ2n) is 5.23. The number of nitrogens with zero attached hydrogens (tertiary/aromatic N) is 1. The largest absolute Gasteiger partial charge is 0.349 e. The van der Waals surface area contributed by atoms with E-state index in [0.717, 1.165) is 24.3 Å². The van der Waals surface area contributed by atoms with Crippen LogP contribution in [-0.2, 0) is 0 Å². The summed E-state index contributed by atoms with van der Waals surface area (Å²) >= 11 is 0. The monoisotopic (exact) mass is 271 g/mol. The highest BCUT2D eigenvalue weighted by Gasteiger charge is 2.25. The molecule has 2 rings (SSSR count). The number of carbonyl (C=O) groups is 1. The number of rotatable bonds is 5. The normalized spacial score (nSPS) is 15.1. The van der Waals surface area contributed by atoms with E-state index >= 15 is 0 Å². The molecule has 0 saturated heterocycles. The van der Waals surface area contributed by atoms with E-state index in [4.69, 9.17) is 5.73 Å². The molecule has 0 bridgehead atoms. The molecule has 1 atom stereocenters. The number of nitrogens with one attached hydrogen (secondary N) is 1. The predicted octanol–water partition coefficient (Wildman–Crippen LogP) is 1.70. The Morgan fingerprint density at radius 1 is 1.55 bits per heavy atom. The summed E-state index contributed by atoms with van der Waals surface area (Å²) in [6.45, 7) is 2.41. The van der Waals surface area contributed by atoms with Crippen molar-refractivity contribution < 1.29 is 4.79 Å². The van der Waals surface area contributed by atoms with Crippen LogP contribution in [0.5, 0.6) is 0 Å². The van der Waals surface area contributed by atoms with E-state index in [1.165, 1.54) is 12.8 Å². The topological polar surface area (TPSA) is 68.0 Å². The lowest BCUT2D eigenvalue weighted by molar-refractivity contribution is 0.0932. The zero-order valence-corrected chi connectivity index (χ0v) is 11.9. The maximum Gasteiger partial charge on any atom is 0.253 e. The average Bonchev–Trinajstić information content (AvgIpc) is 3.28. The molecule has 106 valence electrons. The lowest BCUT2D eigenvalue weighted by Crippen LogP contribution is -2.34. The standard InChI is InChI=1S/C16H21N3O/c1-2-15(9-12-5-6-12)19-16(20)14-8-13(4-3-7-17)10-18-11-14/h8,10-12,15H,2,5-7,9,17H2,1H3,(H,19,20). The van der Waals surface area contributed by atoms with Gasteiger partial charge in [-0.3, -0.25) is 9.78 Å². The third-order valence-electron chi connectivity index (χ3n) is 3.48. The van der Waals surface area contributed by atoms with Gasteiger partial charge in [-0.1, -0.05) is 31.6 Å². The van der Waals surface area contributed by atoms with Crippen LogP contribution >= 0.6 is 0 Å². The first-order chi connectivity index (χ1) is 9.72. The van der Waals surface area contributed by atoms with Crippen LogP contribution in [0.4, 0.5) is 0 Å². The van der Waals surface area contributed by atoms with Gasteiger partial charge in [0.2, 0.25) is 0 Å². The summed E-state index contributed by atoms with van der Waals surface area (Å²) in [4.78, 5) is 16.3. The SMILES string of the molecule is CCC(CC1CC1)NC(=O)c1cncc(C#CCN)c1. The summed E-state index contributed by atoms with van der Waals surface area (Å²) in [5.41, 5.74) is 6.62. The maximum absolute atomic E-state index is 12.2. The second kappa shape index (κ2) is 7.06. The highest BCUT2D eigenvalue weighted by atomic mass is 16.1. The van der Waals surface area contributed by atoms with Crippen molar-refractivity contribution in [3.05, 3.63) is 29.6 Å². The Bertz CT molecular complexity index is 526. The minimum absolute atomic E-state index is 0.0681. The number of hydrogen-bond acceptors (Lipinski definition) is 3. The fourth-order valence-corrected chi connectivity index (χ4v) is 2.14. The Kier molecular flexibility index (Phi) is 5.14. The van der Waals surface area contributed by atoms with Gasteiger partial charge in [0.1, 0.15) is 0 Å². The summed E-state index contributed by atoms with van der Waals surface area (Å²) in [6, 6.07) is 2.02. The molecule has 1 saturated carbocycles. The van der Waals surface area contributed by atoms with Gasteiger partial charge >= 0.3 is 0 Å². The minimum Gasteiger partial charge on any atom is -0.349 e. The molecule has 4 nitrogen and oxygen atoms in total. The number of carbonyl (C=O) groups excluding carboxylic acids is 1. The van der Waals surface area contributed by atoms with Crippen LogP contribution in [-0.4, -0.2) is 23.5 Å². The number of aromatic nitrogens is 1. The smallest absolute Gasteiger partial charge is 0.253 e. The molecule has 0 aromatic carbocycles. The zero-order chi connectivity index (χ0) is 14.4. The molecule has 0 radical (unpaired) electrons. The van der Waals surface area contributed by atoms with Gasteiger partial charge in [-0.15, -0.1) is 0 Å². The van der Waals surface area contributed by atoms with E-state index in [9.17, 15) is 4.79 Å². The van der Waals surface area contributed by atoms with Crippen molar-refractivity contribution in [1.82, 2.24) is 10.3 Å². The second-order valence-corrected chi connectivity index (χ2v) is 5.23. The van der Waals surface area contributed by atoms with Gasteiger partial charge in [-0.05, 0) is 24.8 Å². The van der Waals surface area contributed by atoms with Gasteiger partial charge in [0.15, 0.2) is 0 Å². The van der Waals surface area contributed by atoms with E-state index in [1.807, 2.05) is 0 Å². The highest BCUT2D eigenvalue weighted by Crippen LogP contribution is 2.34. The zero-order valence-electron chi connectivity index (χ0n) is 11.9. The van der Waals surface area contributed by atoms with Crippen molar-refractivity contribution in [3.63, 3.8) is 0 Å². The summed E-state index contributed by atoms with van der Waals surface area (Å²) in [7, 11) is 0. The Hall–Kier alpha value is -1.86. The van der Waals surface area contributed by atoms with Crippen LogP contribution in [0.1, 0.15) is 48.5 Å². The summed E-state index contributed by atoms with van der Waals surface area (Å²) < 4.78 is 0. The number of hydrogen-bond donors (Lipinski definition) is 2. The molecule has 1 aromatic rings. The third-order valence-corrected chi connectivity index (χ3v) is 3.48. The Morgan fingerprint density at radius 3 is 3.00 bits per heavy atom. The van der Waals surface area contributed by atoms with E-state index in [1.54, 1.807) is 18.5 Å². The van der Waals surface area contributed by atoms with Crippen LogP contribution in [0.25, 0.3) is 0 Å². The van der Waals surface area contributed by atoms with Crippen molar-refractivity contribution in [2.24, 2.45) is 11.7 Å². The van der Waals surface area contributed by atoms with Crippen LogP contribution in [0.3, 0.4) is 0 Å². The summed E-state index contributed by atoms with van der Waals surface area (Å²) in [5.74, 6) is 6.39. The van der Waals surface area contributed by atoms with E-state index in [0.29, 0.717) is 12.1 Å². The highest BCUT2D eigenvalue weighted by molar-refractivity contribution is 5.94. The minimum atomic E-state index is -0.0681. The van der Waals surface area contributed by atoms with Crippen LogP contribution in [0, 0.1) is 17.8 Å². The van der Waals surface area contributed by atoms with Crippen molar-refractivity contribution in [2.45, 2.75) is 38.6 Å². The molecule has 20 heavy (non-hydrogen) atoms. The quantitative estimate of drug-likeness (QED) is 0.801. The fraction of sp³-hybridized carbons (Fsp3) is 0.500. The van der Waals surface area contributed by atoms with Gasteiger partial charge in [-0.25, -0.2) is 0 Å². The molecular formula is C16H21N3O. The molecule has 1 fully saturated rings. The molecule has 3 N–H and O–H groups in total. The van der Waals surface area contributed by atoms with Crippen LogP contribution in [0.2, 0.25) is 0 Å².